The first kappa shape index (κ1) is 16.6. The summed E-state index contributed by atoms with van der Waals surface area (Å²) in [4.78, 5) is 14.4. The standard InChI is InChI=1S/C17H27N3O2/c1-17(2,3)15(21)12-18-16(22)19-13-8-4-5-9-14(13)20-10-6-7-11-20/h4-5,8-9,15,21H,6-7,10-12H2,1-3H3,(H2,18,19,22). The Kier molecular flexibility index (Phi) is 5.29. The molecular weight excluding hydrogens is 278 g/mol. The number of nitrogens with zero attached hydrogens (tertiary/aromatic N) is 1. The van der Waals surface area contributed by atoms with Gasteiger partial charge in [0.05, 0.1) is 17.5 Å². The molecule has 1 saturated heterocycles. The largest absolute Gasteiger partial charge is 0.391 e. The maximum atomic E-state index is 12.1. The molecule has 1 aliphatic heterocycles. The van der Waals surface area contributed by atoms with E-state index in [4.69, 9.17) is 0 Å². The minimum Gasteiger partial charge on any atom is -0.391 e. The molecule has 1 aromatic carbocycles. The van der Waals surface area contributed by atoms with Crippen molar-refractivity contribution in [2.75, 3.05) is 29.9 Å². The Bertz CT molecular complexity index is 505. The molecule has 1 aliphatic rings. The molecular formula is C17H27N3O2. The molecule has 0 aliphatic carbocycles. The van der Waals surface area contributed by atoms with Gasteiger partial charge < -0.3 is 20.6 Å². The van der Waals surface area contributed by atoms with Crippen LogP contribution in [0, 0.1) is 5.41 Å². The van der Waals surface area contributed by atoms with Crippen LogP contribution in [-0.2, 0) is 0 Å². The Morgan fingerprint density at radius 2 is 1.91 bits per heavy atom. The molecule has 1 heterocycles. The highest BCUT2D eigenvalue weighted by Crippen LogP contribution is 2.28. The van der Waals surface area contributed by atoms with Gasteiger partial charge in [0.2, 0.25) is 0 Å². The molecule has 5 heteroatoms. The minimum atomic E-state index is -0.577. The molecule has 122 valence electrons. The Morgan fingerprint density at radius 3 is 2.55 bits per heavy atom. The average Bonchev–Trinajstić information content (AvgIpc) is 2.98. The number of rotatable bonds is 4. The van der Waals surface area contributed by atoms with Gasteiger partial charge in [0.15, 0.2) is 0 Å². The number of amides is 2. The van der Waals surface area contributed by atoms with E-state index in [0.717, 1.165) is 24.5 Å². The predicted octanol–water partition coefficient (Wildman–Crippen LogP) is 2.82. The molecule has 0 spiro atoms. The van der Waals surface area contributed by atoms with Crippen molar-refractivity contribution in [2.45, 2.75) is 39.7 Å². The molecule has 0 saturated carbocycles. The first-order valence-corrected chi connectivity index (χ1v) is 7.95. The zero-order valence-electron chi connectivity index (χ0n) is 13.7. The average molecular weight is 305 g/mol. The maximum Gasteiger partial charge on any atom is 0.319 e. The molecule has 5 nitrogen and oxygen atoms in total. The molecule has 0 aromatic heterocycles. The van der Waals surface area contributed by atoms with E-state index < -0.39 is 6.10 Å². The Morgan fingerprint density at radius 1 is 1.27 bits per heavy atom. The minimum absolute atomic E-state index is 0.237. The highest BCUT2D eigenvalue weighted by Gasteiger charge is 2.22. The monoisotopic (exact) mass is 305 g/mol. The highest BCUT2D eigenvalue weighted by molar-refractivity contribution is 5.93. The molecule has 0 bridgehead atoms. The molecule has 1 aromatic rings. The van der Waals surface area contributed by atoms with Crippen LogP contribution in [0.2, 0.25) is 0 Å². The SMILES string of the molecule is CC(C)(C)C(O)CNC(=O)Nc1ccccc1N1CCCC1. The second kappa shape index (κ2) is 7.01. The fourth-order valence-corrected chi connectivity index (χ4v) is 2.48. The smallest absolute Gasteiger partial charge is 0.319 e. The van der Waals surface area contributed by atoms with Crippen molar-refractivity contribution in [3.8, 4) is 0 Å². The third-order valence-corrected chi connectivity index (χ3v) is 4.05. The van der Waals surface area contributed by atoms with E-state index in [1.807, 2.05) is 45.0 Å². The first-order valence-electron chi connectivity index (χ1n) is 7.95. The first-order chi connectivity index (χ1) is 10.4. The summed E-state index contributed by atoms with van der Waals surface area (Å²) in [5.74, 6) is 0. The summed E-state index contributed by atoms with van der Waals surface area (Å²) in [6.45, 7) is 8.13. The fraction of sp³-hybridized carbons (Fsp3) is 0.588. The predicted molar refractivity (Wildman–Crippen MR) is 90.4 cm³/mol. The lowest BCUT2D eigenvalue weighted by atomic mass is 9.89. The number of aliphatic hydroxyl groups is 1. The lowest BCUT2D eigenvalue weighted by Gasteiger charge is -2.26. The third-order valence-electron chi connectivity index (χ3n) is 4.05. The quantitative estimate of drug-likeness (QED) is 0.801. The zero-order valence-corrected chi connectivity index (χ0v) is 13.7. The highest BCUT2D eigenvalue weighted by atomic mass is 16.3. The molecule has 0 radical (unpaired) electrons. The number of hydrogen-bond acceptors (Lipinski definition) is 3. The molecule has 22 heavy (non-hydrogen) atoms. The summed E-state index contributed by atoms with van der Waals surface area (Å²) in [6.07, 6.45) is 1.81. The molecule has 2 amide bonds. The van der Waals surface area contributed by atoms with E-state index in [1.54, 1.807) is 0 Å². The number of carbonyl (C=O) groups is 1. The van der Waals surface area contributed by atoms with Crippen LogP contribution in [0.1, 0.15) is 33.6 Å². The number of urea groups is 1. The molecule has 1 atom stereocenters. The van der Waals surface area contributed by atoms with Gasteiger partial charge in [-0.2, -0.15) is 0 Å². The second-order valence-corrected chi connectivity index (χ2v) is 6.93. The topological polar surface area (TPSA) is 64.6 Å². The van der Waals surface area contributed by atoms with Gasteiger partial charge in [0.1, 0.15) is 0 Å². The van der Waals surface area contributed by atoms with Crippen LogP contribution in [0.15, 0.2) is 24.3 Å². The molecule has 1 unspecified atom stereocenters. The van der Waals surface area contributed by atoms with Gasteiger partial charge in [-0.3, -0.25) is 0 Å². The van der Waals surface area contributed by atoms with Gasteiger partial charge in [-0.25, -0.2) is 4.79 Å². The summed E-state index contributed by atoms with van der Waals surface area (Å²) in [5.41, 5.74) is 1.62. The Hall–Kier alpha value is -1.75. The Balaban J connectivity index is 1.94. The summed E-state index contributed by atoms with van der Waals surface area (Å²) < 4.78 is 0. The summed E-state index contributed by atoms with van der Waals surface area (Å²) in [5, 5.41) is 15.6. The van der Waals surface area contributed by atoms with Crippen LogP contribution in [0.5, 0.6) is 0 Å². The molecule has 2 rings (SSSR count). The van der Waals surface area contributed by atoms with Crippen LogP contribution in [0.25, 0.3) is 0 Å². The van der Waals surface area contributed by atoms with Crippen molar-refractivity contribution in [2.24, 2.45) is 5.41 Å². The van der Waals surface area contributed by atoms with Gasteiger partial charge in [-0.15, -0.1) is 0 Å². The van der Waals surface area contributed by atoms with Crippen molar-refractivity contribution in [3.05, 3.63) is 24.3 Å². The van der Waals surface area contributed by atoms with Crippen molar-refractivity contribution in [1.29, 1.82) is 0 Å². The van der Waals surface area contributed by atoms with E-state index >= 15 is 0 Å². The zero-order chi connectivity index (χ0) is 16.2. The van der Waals surface area contributed by atoms with E-state index in [2.05, 4.69) is 15.5 Å². The van der Waals surface area contributed by atoms with Gasteiger partial charge in [0.25, 0.3) is 0 Å². The van der Waals surface area contributed by atoms with Crippen LogP contribution in [0.3, 0.4) is 0 Å². The van der Waals surface area contributed by atoms with Crippen LogP contribution < -0.4 is 15.5 Å². The van der Waals surface area contributed by atoms with E-state index in [0.29, 0.717) is 0 Å². The third kappa shape index (κ3) is 4.37. The van der Waals surface area contributed by atoms with E-state index in [1.165, 1.54) is 12.8 Å². The van der Waals surface area contributed by atoms with Crippen molar-refractivity contribution in [3.63, 3.8) is 0 Å². The number of carbonyl (C=O) groups excluding carboxylic acids is 1. The molecule has 3 N–H and O–H groups in total. The Labute approximate surface area is 132 Å². The lowest BCUT2D eigenvalue weighted by molar-refractivity contribution is 0.0654. The van der Waals surface area contributed by atoms with Crippen LogP contribution in [-0.4, -0.2) is 36.9 Å². The summed E-state index contributed by atoms with van der Waals surface area (Å²) in [6, 6.07) is 7.56. The van der Waals surface area contributed by atoms with Crippen molar-refractivity contribution >= 4 is 17.4 Å². The number of benzene rings is 1. The fourth-order valence-electron chi connectivity index (χ4n) is 2.48. The van der Waals surface area contributed by atoms with E-state index in [9.17, 15) is 9.90 Å². The van der Waals surface area contributed by atoms with Crippen LogP contribution >= 0.6 is 0 Å². The molecule has 1 fully saturated rings. The summed E-state index contributed by atoms with van der Waals surface area (Å²) >= 11 is 0. The van der Waals surface area contributed by atoms with Crippen molar-refractivity contribution < 1.29 is 9.90 Å². The number of nitrogens with one attached hydrogen (secondary N) is 2. The number of aliphatic hydroxyl groups excluding tert-OH is 1. The number of hydrogen-bond donors (Lipinski definition) is 3. The van der Waals surface area contributed by atoms with E-state index in [-0.39, 0.29) is 18.0 Å². The maximum absolute atomic E-state index is 12.1. The van der Waals surface area contributed by atoms with Crippen LogP contribution in [0.4, 0.5) is 16.2 Å². The van der Waals surface area contributed by atoms with Crippen molar-refractivity contribution in [1.82, 2.24) is 5.32 Å². The summed E-state index contributed by atoms with van der Waals surface area (Å²) in [7, 11) is 0. The van der Waals surface area contributed by atoms with Gasteiger partial charge in [0, 0.05) is 19.6 Å². The number of para-hydroxylation sites is 2. The normalized spacial score (nSPS) is 16.5. The van der Waals surface area contributed by atoms with Gasteiger partial charge in [-0.05, 0) is 30.4 Å². The number of anilines is 2. The van der Waals surface area contributed by atoms with Gasteiger partial charge in [-0.1, -0.05) is 32.9 Å². The second-order valence-electron chi connectivity index (χ2n) is 6.93. The lowest BCUT2D eigenvalue weighted by Crippen LogP contribution is -2.41. The van der Waals surface area contributed by atoms with Gasteiger partial charge >= 0.3 is 6.03 Å².